The van der Waals surface area contributed by atoms with Gasteiger partial charge in [-0.3, -0.25) is 9.59 Å². The molecule has 8 nitrogen and oxygen atoms in total. The van der Waals surface area contributed by atoms with E-state index < -0.39 is 5.92 Å². The topological polar surface area (TPSA) is 117 Å². The zero-order valence-electron chi connectivity index (χ0n) is 27.1. The Labute approximate surface area is 285 Å². The fourth-order valence-electron chi connectivity index (χ4n) is 6.97. The van der Waals surface area contributed by atoms with Gasteiger partial charge in [-0.25, -0.2) is 0 Å². The van der Waals surface area contributed by atoms with Gasteiger partial charge in [-0.2, -0.15) is 11.4 Å². The van der Waals surface area contributed by atoms with Crippen LogP contribution >= 0.6 is 0 Å². The fourth-order valence-corrected chi connectivity index (χ4v) is 6.97. The van der Waals surface area contributed by atoms with E-state index in [0.717, 1.165) is 56.5 Å². The van der Waals surface area contributed by atoms with E-state index in [1.165, 1.54) is 6.08 Å². The third-order valence-electron chi connectivity index (χ3n) is 9.51. The molecule has 3 atom stereocenters. The molecule has 1 fully saturated rings. The summed E-state index contributed by atoms with van der Waals surface area (Å²) in [6.45, 7) is 17.9. The number of hydrogen-bond donors (Lipinski definition) is 0. The molecular formula is C37H36MgN4O4-2. The molecule has 8 bridgehead atoms. The van der Waals surface area contributed by atoms with E-state index in [0.29, 0.717) is 46.5 Å². The molecule has 0 amide bonds. The average molecular weight is 625 g/mol. The van der Waals surface area contributed by atoms with Crippen molar-refractivity contribution in [3.63, 3.8) is 0 Å². The van der Waals surface area contributed by atoms with Crippen molar-refractivity contribution in [2.75, 3.05) is 6.61 Å². The third kappa shape index (κ3) is 5.29. The van der Waals surface area contributed by atoms with Crippen molar-refractivity contribution >= 4 is 71.0 Å². The first-order chi connectivity index (χ1) is 21.6. The standard InChI is InChI=1S/C37H37N4O4.Mg/c1-8-13-45-32(43)12-11-24-20(6)28-14-26-18(4)22(9-2)30(38-26)15-27-19(5)23(10-3)31(39-27)16-29-21(7)33-36(41-29)34(35(24)40-28)25(17-42)37(33)44;/h8-9,14-17,20,24-25H,1-2,10-13H2,3-7H3,(H-,40,41,44);/q-3;+2/p-1/b27-15-,28-14-,31-16-;/t20-,24-,25+;/m0./s1. The molecule has 1 aliphatic carbocycles. The first-order valence-corrected chi connectivity index (χ1v) is 15.4. The summed E-state index contributed by atoms with van der Waals surface area (Å²) in [4.78, 5) is 53.9. The van der Waals surface area contributed by atoms with Gasteiger partial charge in [0.1, 0.15) is 18.8 Å². The molecule has 2 aliphatic heterocycles. The summed E-state index contributed by atoms with van der Waals surface area (Å²) in [6, 6.07) is 0. The van der Waals surface area contributed by atoms with Crippen LogP contribution in [0.15, 0.2) is 30.6 Å². The van der Waals surface area contributed by atoms with Gasteiger partial charge in [-0.1, -0.05) is 85.2 Å². The third-order valence-corrected chi connectivity index (χ3v) is 9.51. The Kier molecular flexibility index (Phi) is 9.38. The van der Waals surface area contributed by atoms with Crippen LogP contribution in [0.25, 0.3) is 35.2 Å². The number of esters is 1. The van der Waals surface area contributed by atoms with E-state index in [-0.39, 0.29) is 59.7 Å². The number of ketones is 1. The van der Waals surface area contributed by atoms with Crippen molar-refractivity contribution in [1.82, 2.24) is 15.0 Å². The van der Waals surface area contributed by atoms with E-state index in [2.05, 4.69) is 33.9 Å². The van der Waals surface area contributed by atoms with Crippen molar-refractivity contribution < 1.29 is 19.1 Å². The molecule has 6 rings (SSSR count). The first-order valence-electron chi connectivity index (χ1n) is 15.4. The normalized spacial score (nSPS) is 23.6. The number of Topliss-reactive ketones (excluding diaryl/α,β-unsaturated/α-hetero) is 1. The van der Waals surface area contributed by atoms with Crippen LogP contribution < -0.4 is 25.7 Å². The van der Waals surface area contributed by atoms with Crippen LogP contribution in [0.4, 0.5) is 0 Å². The minimum atomic E-state index is -1.01. The SMILES string of the molecule is C=CCOC(=O)CC[C@@H]1/C2=C3/c4[n-]c(c(C)c4C(=O)[C@@H]3C=O)/C=c3\[n-]/c(c(C)c3CC)=C\c3[n-]c(c(C)c3C=C)/C=C(\[N-]2)[C@H]1C.[Mg+2]. The molecule has 0 unspecified atom stereocenters. The van der Waals surface area contributed by atoms with Crippen molar-refractivity contribution in [2.45, 2.75) is 53.9 Å². The van der Waals surface area contributed by atoms with Crippen LogP contribution in [0.5, 0.6) is 0 Å². The van der Waals surface area contributed by atoms with Crippen LogP contribution in [-0.2, 0) is 20.7 Å². The van der Waals surface area contributed by atoms with Crippen molar-refractivity contribution in [3.05, 3.63) is 103 Å². The van der Waals surface area contributed by atoms with Gasteiger partial charge < -0.3 is 29.8 Å². The predicted molar refractivity (Wildman–Crippen MR) is 180 cm³/mol. The predicted octanol–water partition coefficient (Wildman–Crippen LogP) is 4.19. The molecule has 1 saturated heterocycles. The van der Waals surface area contributed by atoms with Crippen LogP contribution in [0, 0.1) is 38.5 Å². The van der Waals surface area contributed by atoms with Gasteiger partial charge in [0.15, 0.2) is 5.78 Å². The van der Waals surface area contributed by atoms with Crippen molar-refractivity contribution in [3.8, 4) is 0 Å². The van der Waals surface area contributed by atoms with Gasteiger partial charge in [0.05, 0.1) is 0 Å². The fraction of sp³-hybridized carbons (Fsp3) is 0.324. The Morgan fingerprint density at radius 1 is 0.978 bits per heavy atom. The quantitative estimate of drug-likeness (QED) is 0.121. The maximum atomic E-state index is 13.8. The maximum Gasteiger partial charge on any atom is 2.00 e. The number of allylic oxidation sites excluding steroid dienone is 3. The Bertz CT molecular complexity index is 1980. The Morgan fingerprint density at radius 3 is 2.37 bits per heavy atom. The summed E-state index contributed by atoms with van der Waals surface area (Å²) in [7, 11) is 0. The van der Waals surface area contributed by atoms with Crippen molar-refractivity contribution in [1.29, 1.82) is 0 Å². The van der Waals surface area contributed by atoms with E-state index in [9.17, 15) is 14.4 Å². The molecule has 0 aromatic carbocycles. The molecule has 5 heterocycles. The Balaban J connectivity index is 0.00000417. The van der Waals surface area contributed by atoms with Gasteiger partial charge in [-0.15, -0.1) is 33.5 Å². The number of aromatic nitrogens is 3. The van der Waals surface area contributed by atoms with Crippen LogP contribution in [0.1, 0.15) is 87.6 Å². The van der Waals surface area contributed by atoms with Crippen LogP contribution in [0.3, 0.4) is 0 Å². The minimum Gasteiger partial charge on any atom is -0.664 e. The minimum absolute atomic E-state index is 0. The molecule has 232 valence electrons. The summed E-state index contributed by atoms with van der Waals surface area (Å²) in [6.07, 6.45) is 11.3. The van der Waals surface area contributed by atoms with E-state index in [4.69, 9.17) is 25.0 Å². The number of aldehydes is 1. The molecular weight excluding hydrogens is 589 g/mol. The number of nitrogens with zero attached hydrogens (tertiary/aromatic N) is 4. The van der Waals surface area contributed by atoms with Gasteiger partial charge in [0.25, 0.3) is 0 Å². The van der Waals surface area contributed by atoms with Crippen molar-refractivity contribution in [2.24, 2.45) is 17.8 Å². The van der Waals surface area contributed by atoms with Gasteiger partial charge in [0.2, 0.25) is 0 Å². The largest absolute Gasteiger partial charge is 2.00 e. The number of ether oxygens (including phenoxy) is 1. The molecule has 3 aromatic heterocycles. The molecule has 9 heteroatoms. The Morgan fingerprint density at radius 2 is 1.70 bits per heavy atom. The molecule has 3 aromatic rings. The second kappa shape index (κ2) is 13.0. The number of fused-ring (bicyclic) bond motifs is 7. The molecule has 0 radical (unpaired) electrons. The molecule has 0 N–H and O–H groups in total. The molecule has 3 aliphatic rings. The second-order valence-corrected chi connectivity index (χ2v) is 12.0. The van der Waals surface area contributed by atoms with Gasteiger partial charge in [0, 0.05) is 12.0 Å². The monoisotopic (exact) mass is 624 g/mol. The van der Waals surface area contributed by atoms with E-state index in [1.54, 1.807) is 0 Å². The van der Waals surface area contributed by atoms with Gasteiger partial charge in [-0.05, 0) is 51.0 Å². The van der Waals surface area contributed by atoms with Gasteiger partial charge >= 0.3 is 29.0 Å². The number of rotatable bonds is 8. The average Bonchev–Trinajstić information content (AvgIpc) is 3.75. The second-order valence-electron chi connectivity index (χ2n) is 12.0. The Hall–Kier alpha value is -4.08. The summed E-state index contributed by atoms with van der Waals surface area (Å²) < 4.78 is 5.26. The van der Waals surface area contributed by atoms with Crippen LogP contribution in [0.2, 0.25) is 0 Å². The first kappa shape index (κ1) is 33.3. The number of carbonyl (C=O) groups is 3. The molecule has 0 spiro atoms. The van der Waals surface area contributed by atoms with E-state index >= 15 is 0 Å². The van der Waals surface area contributed by atoms with E-state index in [1.807, 2.05) is 38.2 Å². The summed E-state index contributed by atoms with van der Waals surface area (Å²) >= 11 is 0. The smallest absolute Gasteiger partial charge is 0.664 e. The molecule has 46 heavy (non-hydrogen) atoms. The number of carbonyl (C=O) groups excluding carboxylic acids is 3. The molecule has 0 saturated carbocycles. The maximum absolute atomic E-state index is 13.8. The number of hydrogen-bond acceptors (Lipinski definition) is 4. The zero-order valence-corrected chi connectivity index (χ0v) is 28.5. The summed E-state index contributed by atoms with van der Waals surface area (Å²) in [5.74, 6) is -2.02. The summed E-state index contributed by atoms with van der Waals surface area (Å²) in [5, 5.41) is 6.72. The van der Waals surface area contributed by atoms with Crippen LogP contribution in [-0.4, -0.2) is 47.7 Å². The zero-order chi connectivity index (χ0) is 32.2. The summed E-state index contributed by atoms with van der Waals surface area (Å²) in [5.41, 5.74) is 9.80.